The fourth-order valence-electron chi connectivity index (χ4n) is 3.22. The molecule has 2 atom stereocenters. The topological polar surface area (TPSA) is 58.6 Å². The van der Waals surface area contributed by atoms with Crippen LogP contribution in [0.25, 0.3) is 0 Å². The molecule has 0 aromatic heterocycles. The number of rotatable bonds is 11. The van der Waals surface area contributed by atoms with Crippen LogP contribution in [-0.4, -0.2) is 35.4 Å². The zero-order valence-corrected chi connectivity index (χ0v) is 19.6. The van der Waals surface area contributed by atoms with Crippen molar-refractivity contribution in [3.63, 3.8) is 0 Å². The minimum Gasteiger partial charge on any atom is -0.484 e. The molecule has 0 heterocycles. The monoisotopic (exact) mass is 444 g/mol. The Kier molecular flexibility index (Phi) is 9.86. The predicted molar refractivity (Wildman–Crippen MR) is 125 cm³/mol. The molecule has 0 radical (unpaired) electrons. The molecule has 0 aliphatic rings. The van der Waals surface area contributed by atoms with Gasteiger partial charge in [0.25, 0.3) is 5.91 Å². The van der Waals surface area contributed by atoms with Crippen LogP contribution in [0.1, 0.15) is 51.7 Å². The Hall–Kier alpha value is -2.53. The van der Waals surface area contributed by atoms with E-state index in [2.05, 4.69) is 12.2 Å². The molecule has 31 heavy (non-hydrogen) atoms. The number of amides is 2. The molecule has 1 N–H and O–H groups in total. The van der Waals surface area contributed by atoms with Gasteiger partial charge >= 0.3 is 0 Å². The number of hydrogen-bond acceptors (Lipinski definition) is 3. The SMILES string of the molecule is CCc1ccc(OCC(=O)N(Cc2ccccc2Cl)C(CC)C(=O)NC(C)CC)cc1. The maximum absolute atomic E-state index is 13.2. The van der Waals surface area contributed by atoms with E-state index < -0.39 is 6.04 Å². The lowest BCUT2D eigenvalue weighted by atomic mass is 10.1. The number of carbonyl (C=O) groups is 2. The Labute approximate surface area is 190 Å². The third kappa shape index (κ3) is 7.28. The van der Waals surface area contributed by atoms with Gasteiger partial charge in [0.15, 0.2) is 6.61 Å². The molecule has 2 amide bonds. The van der Waals surface area contributed by atoms with Crippen molar-refractivity contribution < 1.29 is 14.3 Å². The number of carbonyl (C=O) groups excluding carboxylic acids is 2. The number of benzene rings is 2. The third-order valence-corrected chi connectivity index (χ3v) is 5.75. The van der Waals surface area contributed by atoms with E-state index in [-0.39, 0.29) is 31.0 Å². The van der Waals surface area contributed by atoms with Crippen LogP contribution in [0.3, 0.4) is 0 Å². The Morgan fingerprint density at radius 3 is 2.29 bits per heavy atom. The van der Waals surface area contributed by atoms with E-state index in [1.54, 1.807) is 11.0 Å². The summed E-state index contributed by atoms with van der Waals surface area (Å²) in [5.41, 5.74) is 1.99. The van der Waals surface area contributed by atoms with Crippen molar-refractivity contribution in [3.8, 4) is 5.75 Å². The molecule has 0 bridgehead atoms. The summed E-state index contributed by atoms with van der Waals surface area (Å²) in [6, 6.07) is 14.5. The number of halogens is 1. The van der Waals surface area contributed by atoms with Crippen molar-refractivity contribution in [2.75, 3.05) is 6.61 Å². The summed E-state index contributed by atoms with van der Waals surface area (Å²) in [7, 11) is 0. The summed E-state index contributed by atoms with van der Waals surface area (Å²) in [6.45, 7) is 8.04. The normalized spacial score (nSPS) is 12.7. The van der Waals surface area contributed by atoms with E-state index in [1.165, 1.54) is 5.56 Å². The van der Waals surface area contributed by atoms with Gasteiger partial charge in [-0.3, -0.25) is 9.59 Å². The highest BCUT2D eigenvalue weighted by atomic mass is 35.5. The molecule has 2 aromatic carbocycles. The van der Waals surface area contributed by atoms with Crippen molar-refractivity contribution in [2.45, 2.75) is 65.6 Å². The first-order chi connectivity index (χ1) is 14.9. The van der Waals surface area contributed by atoms with E-state index >= 15 is 0 Å². The van der Waals surface area contributed by atoms with Gasteiger partial charge in [-0.1, -0.05) is 62.7 Å². The molecular weight excluding hydrogens is 412 g/mol. The fourth-order valence-corrected chi connectivity index (χ4v) is 3.42. The van der Waals surface area contributed by atoms with Crippen LogP contribution in [0.4, 0.5) is 0 Å². The fraction of sp³-hybridized carbons (Fsp3) is 0.440. The molecule has 0 saturated carbocycles. The molecule has 168 valence electrons. The summed E-state index contributed by atoms with van der Waals surface area (Å²) in [5.74, 6) is 0.204. The first-order valence-corrected chi connectivity index (χ1v) is 11.3. The minimum atomic E-state index is -0.608. The predicted octanol–water partition coefficient (Wildman–Crippen LogP) is 5.00. The molecule has 0 fully saturated rings. The van der Waals surface area contributed by atoms with Crippen molar-refractivity contribution in [2.24, 2.45) is 0 Å². The molecule has 2 rings (SSSR count). The van der Waals surface area contributed by atoms with Crippen molar-refractivity contribution in [3.05, 3.63) is 64.7 Å². The van der Waals surface area contributed by atoms with Crippen LogP contribution >= 0.6 is 11.6 Å². The van der Waals surface area contributed by atoms with Gasteiger partial charge in [0.1, 0.15) is 11.8 Å². The maximum atomic E-state index is 13.2. The lowest BCUT2D eigenvalue weighted by molar-refractivity contribution is -0.143. The molecule has 0 aliphatic heterocycles. The van der Waals surface area contributed by atoms with Gasteiger partial charge in [0, 0.05) is 17.6 Å². The van der Waals surface area contributed by atoms with E-state index in [4.69, 9.17) is 16.3 Å². The van der Waals surface area contributed by atoms with Crippen LogP contribution in [0.15, 0.2) is 48.5 Å². The quantitative estimate of drug-likeness (QED) is 0.530. The Balaban J connectivity index is 2.20. The first-order valence-electron chi connectivity index (χ1n) is 10.9. The number of hydrogen-bond donors (Lipinski definition) is 1. The second-order valence-electron chi connectivity index (χ2n) is 7.64. The van der Waals surface area contributed by atoms with Crippen LogP contribution < -0.4 is 10.1 Å². The minimum absolute atomic E-state index is 0.0344. The molecule has 0 saturated heterocycles. The summed E-state index contributed by atoms with van der Waals surface area (Å²) >= 11 is 6.34. The number of aryl methyl sites for hydroxylation is 1. The van der Waals surface area contributed by atoms with Gasteiger partial charge in [-0.15, -0.1) is 0 Å². The Morgan fingerprint density at radius 1 is 1.03 bits per heavy atom. The number of ether oxygens (including phenoxy) is 1. The third-order valence-electron chi connectivity index (χ3n) is 5.38. The van der Waals surface area contributed by atoms with E-state index in [0.717, 1.165) is 18.4 Å². The van der Waals surface area contributed by atoms with Crippen LogP contribution in [0.2, 0.25) is 5.02 Å². The van der Waals surface area contributed by atoms with E-state index in [9.17, 15) is 9.59 Å². The lowest BCUT2D eigenvalue weighted by Crippen LogP contribution is -2.51. The van der Waals surface area contributed by atoms with Gasteiger partial charge in [0.05, 0.1) is 0 Å². The molecule has 6 heteroatoms. The highest BCUT2D eigenvalue weighted by molar-refractivity contribution is 6.31. The van der Waals surface area contributed by atoms with E-state index in [1.807, 2.05) is 63.2 Å². The Bertz CT molecular complexity index is 854. The average molecular weight is 445 g/mol. The molecule has 2 aromatic rings. The average Bonchev–Trinajstić information content (AvgIpc) is 2.78. The first kappa shape index (κ1) is 24.7. The number of nitrogens with one attached hydrogen (secondary N) is 1. The molecule has 5 nitrogen and oxygen atoms in total. The van der Waals surface area contributed by atoms with Crippen molar-refractivity contribution in [1.29, 1.82) is 0 Å². The van der Waals surface area contributed by atoms with Crippen molar-refractivity contribution in [1.82, 2.24) is 10.2 Å². The second kappa shape index (κ2) is 12.4. The summed E-state index contributed by atoms with van der Waals surface area (Å²) in [5, 5.41) is 3.56. The number of nitrogens with zero attached hydrogens (tertiary/aromatic N) is 1. The van der Waals surface area contributed by atoms with Crippen LogP contribution in [-0.2, 0) is 22.6 Å². The standard InChI is InChI=1S/C25H33ClN2O3/c1-5-18(4)27-25(30)23(7-3)28(16-20-10-8-9-11-22(20)26)24(29)17-31-21-14-12-19(6-2)13-15-21/h8-15,18,23H,5-7,16-17H2,1-4H3,(H,27,30). The molecule has 0 spiro atoms. The zero-order chi connectivity index (χ0) is 22.8. The summed E-state index contributed by atoms with van der Waals surface area (Å²) in [4.78, 5) is 27.7. The molecule has 0 aliphatic carbocycles. The van der Waals surface area contributed by atoms with Crippen LogP contribution in [0, 0.1) is 0 Å². The van der Waals surface area contributed by atoms with Gasteiger partial charge in [-0.2, -0.15) is 0 Å². The van der Waals surface area contributed by atoms with Crippen molar-refractivity contribution >= 4 is 23.4 Å². The summed E-state index contributed by atoms with van der Waals surface area (Å²) in [6.07, 6.45) is 2.25. The zero-order valence-electron chi connectivity index (χ0n) is 18.9. The Morgan fingerprint density at radius 2 is 1.71 bits per heavy atom. The molecular formula is C25H33ClN2O3. The highest BCUT2D eigenvalue weighted by Crippen LogP contribution is 2.20. The van der Waals surface area contributed by atoms with E-state index in [0.29, 0.717) is 17.2 Å². The van der Waals surface area contributed by atoms with Gasteiger partial charge < -0.3 is 15.0 Å². The lowest BCUT2D eigenvalue weighted by Gasteiger charge is -2.31. The largest absolute Gasteiger partial charge is 0.484 e. The smallest absolute Gasteiger partial charge is 0.261 e. The van der Waals surface area contributed by atoms with Gasteiger partial charge in [-0.05, 0) is 55.5 Å². The van der Waals surface area contributed by atoms with Crippen LogP contribution in [0.5, 0.6) is 5.75 Å². The van der Waals surface area contributed by atoms with Gasteiger partial charge in [-0.25, -0.2) is 0 Å². The molecule has 2 unspecified atom stereocenters. The maximum Gasteiger partial charge on any atom is 0.261 e. The second-order valence-corrected chi connectivity index (χ2v) is 8.05. The summed E-state index contributed by atoms with van der Waals surface area (Å²) < 4.78 is 5.74. The highest BCUT2D eigenvalue weighted by Gasteiger charge is 2.30. The van der Waals surface area contributed by atoms with Gasteiger partial charge in [0.2, 0.25) is 5.91 Å².